The maximum absolute atomic E-state index is 12.2. The Morgan fingerprint density at radius 3 is 2.52 bits per heavy atom. The number of nitro groups is 1. The summed E-state index contributed by atoms with van der Waals surface area (Å²) in [5, 5.41) is 13.5. The Kier molecular flexibility index (Phi) is 5.60. The molecule has 0 bridgehead atoms. The third-order valence-electron chi connectivity index (χ3n) is 3.12. The Hall–Kier alpha value is -2.65. The molecule has 1 N–H and O–H groups in total. The molecule has 1 amide bonds. The van der Waals surface area contributed by atoms with E-state index in [4.69, 9.17) is 11.6 Å². The topological polar surface area (TPSA) is 110 Å². The second-order valence-corrected chi connectivity index (χ2v) is 7.45. The third-order valence-corrected chi connectivity index (χ3v) is 4.50. The molecule has 132 valence electrons. The van der Waals surface area contributed by atoms with Gasteiger partial charge < -0.3 is 5.32 Å². The zero-order valence-electron chi connectivity index (χ0n) is 13.0. The number of carbonyl (C=O) groups is 1. The highest BCUT2D eigenvalue weighted by molar-refractivity contribution is 7.92. The number of benzene rings is 2. The van der Waals surface area contributed by atoms with E-state index in [0.29, 0.717) is 5.02 Å². The number of sulfonamides is 1. The van der Waals surface area contributed by atoms with Crippen LogP contribution >= 0.6 is 11.6 Å². The van der Waals surface area contributed by atoms with Crippen LogP contribution in [0.1, 0.15) is 0 Å². The van der Waals surface area contributed by atoms with Crippen LogP contribution in [-0.2, 0) is 14.8 Å². The SMILES string of the molecule is CS(=O)(=O)N(CC(=O)Nc1cccc([N+](=O)[O-])c1)c1cccc(Cl)c1. The molecule has 0 aliphatic rings. The van der Waals surface area contributed by atoms with E-state index in [-0.39, 0.29) is 17.1 Å². The lowest BCUT2D eigenvalue weighted by molar-refractivity contribution is -0.384. The molecule has 10 heteroatoms. The van der Waals surface area contributed by atoms with Crippen LogP contribution in [0.3, 0.4) is 0 Å². The van der Waals surface area contributed by atoms with E-state index in [9.17, 15) is 23.3 Å². The number of nitro benzene ring substituents is 1. The Labute approximate surface area is 149 Å². The molecule has 8 nitrogen and oxygen atoms in total. The molecule has 2 aromatic rings. The molecule has 2 rings (SSSR count). The molecule has 0 spiro atoms. The lowest BCUT2D eigenvalue weighted by atomic mass is 10.3. The van der Waals surface area contributed by atoms with Crippen molar-refractivity contribution in [3.8, 4) is 0 Å². The number of anilines is 2. The van der Waals surface area contributed by atoms with Crippen LogP contribution in [0.25, 0.3) is 0 Å². The van der Waals surface area contributed by atoms with E-state index >= 15 is 0 Å². The number of amides is 1. The Bertz CT molecular complexity index is 917. The number of nitrogens with one attached hydrogen (secondary N) is 1. The van der Waals surface area contributed by atoms with Crippen molar-refractivity contribution in [2.75, 3.05) is 22.4 Å². The van der Waals surface area contributed by atoms with Gasteiger partial charge in [-0.1, -0.05) is 23.7 Å². The van der Waals surface area contributed by atoms with Crippen molar-refractivity contribution in [1.82, 2.24) is 0 Å². The summed E-state index contributed by atoms with van der Waals surface area (Å²) in [4.78, 5) is 22.4. The Morgan fingerprint density at radius 2 is 1.92 bits per heavy atom. The molecule has 0 atom stereocenters. The summed E-state index contributed by atoms with van der Waals surface area (Å²) in [7, 11) is -3.74. The minimum Gasteiger partial charge on any atom is -0.324 e. The van der Waals surface area contributed by atoms with E-state index in [1.165, 1.54) is 36.4 Å². The molecular formula is C15H14ClN3O5S. The summed E-state index contributed by atoms with van der Waals surface area (Å²) in [6.45, 7) is -0.498. The molecule has 2 aromatic carbocycles. The highest BCUT2D eigenvalue weighted by atomic mass is 35.5. The van der Waals surface area contributed by atoms with Gasteiger partial charge in [-0.15, -0.1) is 0 Å². The highest BCUT2D eigenvalue weighted by Gasteiger charge is 2.21. The number of nitrogens with zero attached hydrogens (tertiary/aromatic N) is 2. The van der Waals surface area contributed by atoms with Crippen LogP contribution in [0.15, 0.2) is 48.5 Å². The molecule has 0 aliphatic carbocycles. The zero-order valence-corrected chi connectivity index (χ0v) is 14.6. The van der Waals surface area contributed by atoms with Gasteiger partial charge in [-0.3, -0.25) is 19.2 Å². The monoisotopic (exact) mass is 383 g/mol. The normalized spacial score (nSPS) is 11.0. The Morgan fingerprint density at radius 1 is 1.24 bits per heavy atom. The summed E-state index contributed by atoms with van der Waals surface area (Å²) in [5.41, 5.74) is 0.246. The number of hydrogen-bond donors (Lipinski definition) is 1. The van der Waals surface area contributed by atoms with Crippen molar-refractivity contribution in [2.45, 2.75) is 0 Å². The largest absolute Gasteiger partial charge is 0.324 e. The van der Waals surface area contributed by atoms with Crippen LogP contribution in [0.5, 0.6) is 0 Å². The summed E-state index contributed by atoms with van der Waals surface area (Å²) in [6.07, 6.45) is 0.967. The van der Waals surface area contributed by atoms with E-state index in [1.807, 2.05) is 0 Å². The smallest absolute Gasteiger partial charge is 0.271 e. The number of halogens is 1. The van der Waals surface area contributed by atoms with Gasteiger partial charge in [-0.25, -0.2) is 8.42 Å². The van der Waals surface area contributed by atoms with Gasteiger partial charge >= 0.3 is 0 Å². The van der Waals surface area contributed by atoms with E-state index < -0.39 is 27.4 Å². The molecule has 0 saturated heterocycles. The standard InChI is InChI=1S/C15H14ClN3O5S/c1-25(23,24)18(13-6-2-4-11(16)8-13)10-15(20)17-12-5-3-7-14(9-12)19(21)22/h2-9H,10H2,1H3,(H,17,20). The van der Waals surface area contributed by atoms with Crippen molar-refractivity contribution < 1.29 is 18.1 Å². The second kappa shape index (κ2) is 7.49. The van der Waals surface area contributed by atoms with Gasteiger partial charge in [-0.05, 0) is 24.3 Å². The van der Waals surface area contributed by atoms with Crippen molar-refractivity contribution >= 4 is 44.6 Å². The van der Waals surface area contributed by atoms with Crippen LogP contribution in [-0.4, -0.2) is 32.0 Å². The van der Waals surface area contributed by atoms with Crippen LogP contribution < -0.4 is 9.62 Å². The lowest BCUT2D eigenvalue weighted by Crippen LogP contribution is -2.37. The maximum Gasteiger partial charge on any atom is 0.271 e. The van der Waals surface area contributed by atoms with Crippen LogP contribution in [0, 0.1) is 10.1 Å². The van der Waals surface area contributed by atoms with Crippen molar-refractivity contribution in [3.63, 3.8) is 0 Å². The molecule has 0 fully saturated rings. The quantitative estimate of drug-likeness (QED) is 0.609. The van der Waals surface area contributed by atoms with Crippen molar-refractivity contribution in [2.24, 2.45) is 0 Å². The first-order valence-corrected chi connectivity index (χ1v) is 9.17. The molecule has 0 saturated carbocycles. The molecule has 0 aliphatic heterocycles. The Balaban J connectivity index is 2.21. The highest BCUT2D eigenvalue weighted by Crippen LogP contribution is 2.22. The molecular weight excluding hydrogens is 370 g/mol. The number of non-ortho nitro benzene ring substituents is 1. The van der Waals surface area contributed by atoms with Gasteiger partial charge in [-0.2, -0.15) is 0 Å². The predicted molar refractivity (Wildman–Crippen MR) is 95.4 cm³/mol. The van der Waals surface area contributed by atoms with Crippen molar-refractivity contribution in [3.05, 3.63) is 63.7 Å². The maximum atomic E-state index is 12.2. The lowest BCUT2D eigenvalue weighted by Gasteiger charge is -2.22. The summed E-state index contributed by atoms with van der Waals surface area (Å²) >= 11 is 5.87. The number of carbonyl (C=O) groups excluding carboxylic acids is 1. The first-order chi connectivity index (χ1) is 11.7. The second-order valence-electron chi connectivity index (χ2n) is 5.11. The fraction of sp³-hybridized carbons (Fsp3) is 0.133. The molecule has 0 radical (unpaired) electrons. The average Bonchev–Trinajstić information content (AvgIpc) is 2.51. The minimum absolute atomic E-state index is 0.187. The molecule has 0 aromatic heterocycles. The third kappa shape index (κ3) is 5.16. The van der Waals surface area contributed by atoms with Crippen LogP contribution in [0.2, 0.25) is 5.02 Å². The number of hydrogen-bond acceptors (Lipinski definition) is 5. The van der Waals surface area contributed by atoms with E-state index in [2.05, 4.69) is 5.32 Å². The average molecular weight is 384 g/mol. The first kappa shape index (κ1) is 18.7. The summed E-state index contributed by atoms with van der Waals surface area (Å²) < 4.78 is 24.9. The molecule has 0 heterocycles. The predicted octanol–water partition coefficient (Wildman–Crippen LogP) is 2.65. The van der Waals surface area contributed by atoms with Gasteiger partial charge in [0.2, 0.25) is 15.9 Å². The van der Waals surface area contributed by atoms with Gasteiger partial charge in [0.05, 0.1) is 16.9 Å². The number of rotatable bonds is 6. The zero-order chi connectivity index (χ0) is 18.6. The minimum atomic E-state index is -3.74. The van der Waals surface area contributed by atoms with Crippen molar-refractivity contribution in [1.29, 1.82) is 0 Å². The fourth-order valence-electron chi connectivity index (χ4n) is 2.06. The molecule has 25 heavy (non-hydrogen) atoms. The summed E-state index contributed by atoms with van der Waals surface area (Å²) in [5.74, 6) is -0.647. The van der Waals surface area contributed by atoms with E-state index in [0.717, 1.165) is 10.6 Å². The summed E-state index contributed by atoms with van der Waals surface area (Å²) in [6, 6.07) is 11.4. The molecule has 0 unspecified atom stereocenters. The van der Waals surface area contributed by atoms with E-state index in [1.54, 1.807) is 12.1 Å². The van der Waals surface area contributed by atoms with Gasteiger partial charge in [0.15, 0.2) is 0 Å². The van der Waals surface area contributed by atoms with Crippen LogP contribution in [0.4, 0.5) is 17.1 Å². The first-order valence-electron chi connectivity index (χ1n) is 6.94. The van der Waals surface area contributed by atoms with Gasteiger partial charge in [0, 0.05) is 22.8 Å². The fourth-order valence-corrected chi connectivity index (χ4v) is 3.09. The van der Waals surface area contributed by atoms with Gasteiger partial charge in [0.25, 0.3) is 5.69 Å². The van der Waals surface area contributed by atoms with Gasteiger partial charge in [0.1, 0.15) is 6.54 Å².